The predicted octanol–water partition coefficient (Wildman–Crippen LogP) is 3.18. The summed E-state index contributed by atoms with van der Waals surface area (Å²) in [6, 6.07) is 8.79. The van der Waals surface area contributed by atoms with Crippen LogP contribution in [0, 0.1) is 0 Å². The number of ether oxygens (including phenoxy) is 1. The first-order chi connectivity index (χ1) is 9.81. The topological polar surface area (TPSA) is 38.5 Å². The molecule has 3 heteroatoms. The minimum absolute atomic E-state index is 0.536. The lowest BCUT2D eigenvalue weighted by Crippen LogP contribution is -2.34. The Hall–Kier alpha value is -1.06. The Morgan fingerprint density at radius 2 is 1.85 bits per heavy atom. The predicted molar refractivity (Wildman–Crippen MR) is 83.9 cm³/mol. The quantitative estimate of drug-likeness (QED) is 0.811. The van der Waals surface area contributed by atoms with Gasteiger partial charge in [-0.25, -0.2) is 0 Å². The standard InChI is InChI=1S/C17H28N2O/c1-19(16-9-4-2-3-5-10-16)12-13-20-17-11-7-6-8-15(17)14-18/h6-8,11,16H,2-5,9-10,12-14,18H2,1H3. The van der Waals surface area contributed by atoms with Gasteiger partial charge in [0.15, 0.2) is 0 Å². The molecule has 2 N–H and O–H groups in total. The van der Waals surface area contributed by atoms with E-state index in [0.29, 0.717) is 6.54 Å². The van der Waals surface area contributed by atoms with Crippen molar-refractivity contribution in [2.75, 3.05) is 20.2 Å². The third-order valence-electron chi connectivity index (χ3n) is 4.34. The maximum atomic E-state index is 5.90. The van der Waals surface area contributed by atoms with Crippen molar-refractivity contribution >= 4 is 0 Å². The second-order valence-electron chi connectivity index (χ2n) is 5.79. The van der Waals surface area contributed by atoms with Crippen LogP contribution in [0.25, 0.3) is 0 Å². The van der Waals surface area contributed by atoms with E-state index < -0.39 is 0 Å². The summed E-state index contributed by atoms with van der Waals surface area (Å²) in [6.45, 7) is 2.27. The molecule has 2 rings (SSSR count). The molecule has 0 heterocycles. The summed E-state index contributed by atoms with van der Waals surface area (Å²) < 4.78 is 5.90. The molecular formula is C17H28N2O. The Labute approximate surface area is 123 Å². The minimum Gasteiger partial charge on any atom is -0.492 e. The third-order valence-corrected chi connectivity index (χ3v) is 4.34. The first-order valence-corrected chi connectivity index (χ1v) is 7.92. The monoisotopic (exact) mass is 276 g/mol. The SMILES string of the molecule is CN(CCOc1ccccc1CN)C1CCCCCC1. The van der Waals surface area contributed by atoms with E-state index in [1.165, 1.54) is 38.5 Å². The Bertz CT molecular complexity index is 386. The molecule has 0 amide bonds. The van der Waals surface area contributed by atoms with Gasteiger partial charge in [0.05, 0.1) is 0 Å². The molecule has 1 saturated carbocycles. The van der Waals surface area contributed by atoms with Gasteiger partial charge < -0.3 is 15.4 Å². The maximum absolute atomic E-state index is 5.90. The van der Waals surface area contributed by atoms with Crippen molar-refractivity contribution in [2.24, 2.45) is 5.73 Å². The summed E-state index contributed by atoms with van der Waals surface area (Å²) in [5.74, 6) is 0.935. The van der Waals surface area contributed by atoms with Crippen LogP contribution < -0.4 is 10.5 Å². The van der Waals surface area contributed by atoms with Gasteiger partial charge in [-0.15, -0.1) is 0 Å². The lowest BCUT2D eigenvalue weighted by molar-refractivity contribution is 0.178. The van der Waals surface area contributed by atoms with E-state index in [2.05, 4.69) is 11.9 Å². The van der Waals surface area contributed by atoms with Crippen molar-refractivity contribution in [3.05, 3.63) is 29.8 Å². The molecule has 20 heavy (non-hydrogen) atoms. The van der Waals surface area contributed by atoms with Gasteiger partial charge in [-0.3, -0.25) is 0 Å². The average Bonchev–Trinajstić information content (AvgIpc) is 2.77. The normalized spacial score (nSPS) is 17.1. The van der Waals surface area contributed by atoms with Crippen molar-refractivity contribution in [2.45, 2.75) is 51.1 Å². The first-order valence-electron chi connectivity index (χ1n) is 7.92. The van der Waals surface area contributed by atoms with Crippen LogP contribution in [-0.4, -0.2) is 31.1 Å². The number of benzene rings is 1. The van der Waals surface area contributed by atoms with E-state index >= 15 is 0 Å². The van der Waals surface area contributed by atoms with Gasteiger partial charge in [0, 0.05) is 24.7 Å². The molecule has 0 radical (unpaired) electrons. The van der Waals surface area contributed by atoms with Crippen LogP contribution in [0.4, 0.5) is 0 Å². The van der Waals surface area contributed by atoms with Gasteiger partial charge >= 0.3 is 0 Å². The van der Waals surface area contributed by atoms with E-state index in [1.54, 1.807) is 0 Å². The molecule has 3 nitrogen and oxygen atoms in total. The minimum atomic E-state index is 0.536. The maximum Gasteiger partial charge on any atom is 0.123 e. The average molecular weight is 276 g/mol. The fourth-order valence-corrected chi connectivity index (χ4v) is 2.99. The van der Waals surface area contributed by atoms with Crippen molar-refractivity contribution in [1.82, 2.24) is 4.90 Å². The zero-order chi connectivity index (χ0) is 14.2. The molecule has 1 fully saturated rings. The van der Waals surface area contributed by atoms with E-state index in [-0.39, 0.29) is 0 Å². The molecule has 0 bridgehead atoms. The van der Waals surface area contributed by atoms with Crippen LogP contribution in [0.15, 0.2) is 24.3 Å². The molecule has 0 saturated heterocycles. The first kappa shape index (κ1) is 15.3. The summed E-state index contributed by atoms with van der Waals surface area (Å²) in [4.78, 5) is 2.47. The van der Waals surface area contributed by atoms with E-state index in [1.807, 2.05) is 24.3 Å². The molecule has 0 atom stereocenters. The molecular weight excluding hydrogens is 248 g/mol. The number of hydrogen-bond acceptors (Lipinski definition) is 3. The highest BCUT2D eigenvalue weighted by Gasteiger charge is 2.16. The summed E-state index contributed by atoms with van der Waals surface area (Å²) in [6.07, 6.45) is 8.26. The number of likely N-dealkylation sites (N-methyl/N-ethyl adjacent to an activating group) is 1. The summed E-state index contributed by atoms with van der Waals surface area (Å²) in [5, 5.41) is 0. The Kier molecular flexibility index (Phi) is 6.34. The van der Waals surface area contributed by atoms with Gasteiger partial charge in [0.1, 0.15) is 12.4 Å². The number of para-hydroxylation sites is 1. The molecule has 1 aromatic carbocycles. The van der Waals surface area contributed by atoms with Gasteiger partial charge in [0.25, 0.3) is 0 Å². The van der Waals surface area contributed by atoms with Crippen LogP contribution in [-0.2, 0) is 6.54 Å². The van der Waals surface area contributed by atoms with Crippen molar-refractivity contribution in [3.8, 4) is 5.75 Å². The smallest absolute Gasteiger partial charge is 0.123 e. The van der Waals surface area contributed by atoms with Crippen molar-refractivity contribution in [3.63, 3.8) is 0 Å². The van der Waals surface area contributed by atoms with E-state index in [9.17, 15) is 0 Å². The van der Waals surface area contributed by atoms with Crippen LogP contribution in [0.3, 0.4) is 0 Å². The van der Waals surface area contributed by atoms with Crippen LogP contribution >= 0.6 is 0 Å². The molecule has 0 aromatic heterocycles. The molecule has 1 aliphatic rings. The molecule has 112 valence electrons. The van der Waals surface area contributed by atoms with Gasteiger partial charge in [-0.05, 0) is 26.0 Å². The Morgan fingerprint density at radius 3 is 2.55 bits per heavy atom. The summed E-state index contributed by atoms with van der Waals surface area (Å²) in [7, 11) is 2.23. The van der Waals surface area contributed by atoms with Gasteiger partial charge in [-0.1, -0.05) is 43.9 Å². The Morgan fingerprint density at radius 1 is 1.15 bits per heavy atom. The Balaban J connectivity index is 1.77. The van der Waals surface area contributed by atoms with Crippen LogP contribution in [0.5, 0.6) is 5.75 Å². The second kappa shape index (κ2) is 8.28. The molecule has 1 aliphatic carbocycles. The van der Waals surface area contributed by atoms with E-state index in [0.717, 1.165) is 30.5 Å². The highest BCUT2D eigenvalue weighted by molar-refractivity contribution is 5.32. The number of rotatable bonds is 6. The third kappa shape index (κ3) is 4.50. The highest BCUT2D eigenvalue weighted by Crippen LogP contribution is 2.21. The second-order valence-corrected chi connectivity index (χ2v) is 5.79. The van der Waals surface area contributed by atoms with Gasteiger partial charge in [-0.2, -0.15) is 0 Å². The van der Waals surface area contributed by atoms with Crippen LogP contribution in [0.2, 0.25) is 0 Å². The lowest BCUT2D eigenvalue weighted by atomic mass is 10.1. The fourth-order valence-electron chi connectivity index (χ4n) is 2.99. The number of nitrogens with zero attached hydrogens (tertiary/aromatic N) is 1. The molecule has 0 aliphatic heterocycles. The van der Waals surface area contributed by atoms with Crippen molar-refractivity contribution in [1.29, 1.82) is 0 Å². The molecule has 1 aromatic rings. The van der Waals surface area contributed by atoms with Crippen LogP contribution in [0.1, 0.15) is 44.1 Å². The van der Waals surface area contributed by atoms with Crippen molar-refractivity contribution < 1.29 is 4.74 Å². The lowest BCUT2D eigenvalue weighted by Gasteiger charge is -2.27. The highest BCUT2D eigenvalue weighted by atomic mass is 16.5. The van der Waals surface area contributed by atoms with E-state index in [4.69, 9.17) is 10.5 Å². The molecule has 0 spiro atoms. The largest absolute Gasteiger partial charge is 0.492 e. The van der Waals surface area contributed by atoms with Gasteiger partial charge in [0.2, 0.25) is 0 Å². The molecule has 0 unspecified atom stereocenters. The zero-order valence-corrected chi connectivity index (χ0v) is 12.7. The summed E-state index contributed by atoms with van der Waals surface area (Å²) in [5.41, 5.74) is 6.81. The number of hydrogen-bond donors (Lipinski definition) is 1. The fraction of sp³-hybridized carbons (Fsp3) is 0.647. The number of nitrogens with two attached hydrogens (primary N) is 1. The summed E-state index contributed by atoms with van der Waals surface area (Å²) >= 11 is 0. The zero-order valence-electron chi connectivity index (χ0n) is 12.7.